The van der Waals surface area contributed by atoms with Crippen molar-refractivity contribution in [2.45, 2.75) is 20.8 Å². The molecule has 0 unspecified atom stereocenters. The fraction of sp³-hybridized carbons (Fsp3) is 0.200. The number of pyridine rings is 2. The summed E-state index contributed by atoms with van der Waals surface area (Å²) in [5, 5.41) is 0.489. The number of sulfonamides is 1. The summed E-state index contributed by atoms with van der Waals surface area (Å²) >= 11 is 6.03. The summed E-state index contributed by atoms with van der Waals surface area (Å²) in [5.41, 5.74) is 4.45. The summed E-state index contributed by atoms with van der Waals surface area (Å²) in [5.74, 6) is 1.06. The van der Waals surface area contributed by atoms with E-state index in [0.29, 0.717) is 16.3 Å². The van der Waals surface area contributed by atoms with E-state index in [4.69, 9.17) is 16.3 Å². The van der Waals surface area contributed by atoms with Crippen LogP contribution in [0.1, 0.15) is 16.7 Å². The van der Waals surface area contributed by atoms with Crippen LogP contribution in [0.15, 0.2) is 42.9 Å². The molecule has 0 aliphatic rings. The Morgan fingerprint density at radius 2 is 1.61 bits per heavy atom. The van der Waals surface area contributed by atoms with Crippen molar-refractivity contribution in [3.63, 3.8) is 0 Å². The van der Waals surface area contributed by atoms with Crippen molar-refractivity contribution in [3.8, 4) is 22.6 Å². The number of hydrogen-bond acceptors (Lipinski definition) is 5. The Balaban J connectivity index is 2.11. The third kappa shape index (κ3) is 4.79. The zero-order valence-corrected chi connectivity index (χ0v) is 17.5. The molecule has 1 aromatic carbocycles. The zero-order valence-electron chi connectivity index (χ0n) is 15.9. The largest absolute Gasteiger partial charge is 0.453 e. The molecule has 1 N–H and O–H groups in total. The Bertz CT molecular complexity index is 1120. The van der Waals surface area contributed by atoms with Gasteiger partial charge in [0, 0.05) is 29.7 Å². The van der Waals surface area contributed by atoms with Crippen LogP contribution in [-0.2, 0) is 10.0 Å². The molecule has 8 heteroatoms. The van der Waals surface area contributed by atoms with Crippen molar-refractivity contribution in [3.05, 3.63) is 64.6 Å². The number of nitrogens with one attached hydrogen (secondary N) is 1. The quantitative estimate of drug-likeness (QED) is 0.639. The van der Waals surface area contributed by atoms with E-state index in [9.17, 15) is 8.42 Å². The first-order valence-corrected chi connectivity index (χ1v) is 10.7. The molecule has 0 amide bonds. The average Bonchev–Trinajstić information content (AvgIpc) is 2.58. The van der Waals surface area contributed by atoms with Crippen molar-refractivity contribution >= 4 is 27.4 Å². The molecule has 0 atom stereocenters. The molecule has 0 spiro atoms. The van der Waals surface area contributed by atoms with Crippen molar-refractivity contribution in [1.82, 2.24) is 9.97 Å². The highest BCUT2D eigenvalue weighted by atomic mass is 35.5. The molecular weight excluding hydrogens is 398 g/mol. The van der Waals surface area contributed by atoms with Gasteiger partial charge >= 0.3 is 0 Å². The molecule has 0 radical (unpaired) electrons. The number of aryl methyl sites for hydroxylation is 3. The molecule has 0 bridgehead atoms. The van der Waals surface area contributed by atoms with Gasteiger partial charge in [0.15, 0.2) is 11.6 Å². The summed E-state index contributed by atoms with van der Waals surface area (Å²) in [6, 6.07) is 7.47. The van der Waals surface area contributed by atoms with E-state index in [1.54, 1.807) is 24.5 Å². The molecular formula is C20H20ClN3O3S. The topological polar surface area (TPSA) is 81.2 Å². The Hall–Kier alpha value is -2.64. The van der Waals surface area contributed by atoms with Crippen molar-refractivity contribution < 1.29 is 13.2 Å². The molecule has 2 heterocycles. The van der Waals surface area contributed by atoms with Crippen LogP contribution < -0.4 is 9.46 Å². The monoisotopic (exact) mass is 417 g/mol. The molecule has 0 saturated heterocycles. The molecule has 0 fully saturated rings. The number of benzene rings is 1. The highest BCUT2D eigenvalue weighted by molar-refractivity contribution is 7.92. The number of rotatable bonds is 5. The second kappa shape index (κ2) is 7.77. The lowest BCUT2D eigenvalue weighted by atomic mass is 10.1. The third-order valence-corrected chi connectivity index (χ3v) is 4.76. The fourth-order valence-corrected chi connectivity index (χ4v) is 3.62. The van der Waals surface area contributed by atoms with Gasteiger partial charge in [-0.05, 0) is 44.0 Å². The number of halogens is 1. The highest BCUT2D eigenvalue weighted by Gasteiger charge is 2.16. The minimum absolute atomic E-state index is 0.112. The lowest BCUT2D eigenvalue weighted by Crippen LogP contribution is -2.12. The molecule has 3 aromatic rings. The Morgan fingerprint density at radius 1 is 0.964 bits per heavy atom. The first kappa shape index (κ1) is 20.1. The first-order chi connectivity index (χ1) is 13.1. The maximum atomic E-state index is 11.7. The van der Waals surface area contributed by atoms with Crippen LogP contribution in [0, 0.1) is 20.8 Å². The number of hydrogen-bond donors (Lipinski definition) is 1. The third-order valence-electron chi connectivity index (χ3n) is 3.99. The maximum Gasteiger partial charge on any atom is 0.231 e. The van der Waals surface area contributed by atoms with Gasteiger partial charge in [0.1, 0.15) is 5.75 Å². The van der Waals surface area contributed by atoms with E-state index in [1.807, 2.05) is 32.9 Å². The van der Waals surface area contributed by atoms with Crippen molar-refractivity contribution in [2.75, 3.05) is 11.0 Å². The van der Waals surface area contributed by atoms with Gasteiger partial charge in [-0.25, -0.2) is 13.4 Å². The van der Waals surface area contributed by atoms with Crippen LogP contribution in [0.3, 0.4) is 0 Å². The molecule has 3 rings (SSSR count). The molecule has 0 aliphatic carbocycles. The summed E-state index contributed by atoms with van der Waals surface area (Å²) < 4.78 is 32.0. The van der Waals surface area contributed by atoms with Gasteiger partial charge in [-0.1, -0.05) is 29.3 Å². The normalized spacial score (nSPS) is 11.3. The molecule has 0 saturated carbocycles. The van der Waals surface area contributed by atoms with Gasteiger partial charge in [-0.15, -0.1) is 0 Å². The van der Waals surface area contributed by atoms with Crippen molar-refractivity contribution in [2.24, 2.45) is 0 Å². The van der Waals surface area contributed by atoms with Crippen LogP contribution in [-0.4, -0.2) is 24.6 Å². The number of aromatic nitrogens is 2. The van der Waals surface area contributed by atoms with Crippen molar-refractivity contribution in [1.29, 1.82) is 0 Å². The van der Waals surface area contributed by atoms with E-state index in [2.05, 4.69) is 14.7 Å². The molecule has 0 aliphatic heterocycles. The Morgan fingerprint density at radius 3 is 2.21 bits per heavy atom. The van der Waals surface area contributed by atoms with Gasteiger partial charge in [0.25, 0.3) is 0 Å². The van der Waals surface area contributed by atoms with E-state index in [1.165, 1.54) is 6.20 Å². The molecule has 2 aromatic heterocycles. The number of nitrogens with zero attached hydrogens (tertiary/aromatic N) is 2. The van der Waals surface area contributed by atoms with E-state index < -0.39 is 10.0 Å². The van der Waals surface area contributed by atoms with E-state index >= 15 is 0 Å². The second-order valence-electron chi connectivity index (χ2n) is 6.67. The lowest BCUT2D eigenvalue weighted by Gasteiger charge is -2.16. The van der Waals surface area contributed by atoms with Crippen LogP contribution in [0.25, 0.3) is 11.1 Å². The van der Waals surface area contributed by atoms with Crippen LogP contribution in [0.2, 0.25) is 5.02 Å². The Kier molecular flexibility index (Phi) is 5.58. The number of ether oxygens (including phenoxy) is 1. The highest BCUT2D eigenvalue weighted by Crippen LogP contribution is 2.36. The minimum atomic E-state index is -3.53. The van der Waals surface area contributed by atoms with Crippen LogP contribution >= 0.6 is 11.6 Å². The Labute approximate surface area is 169 Å². The lowest BCUT2D eigenvalue weighted by molar-refractivity contribution is 0.475. The molecule has 146 valence electrons. The SMILES string of the molecule is Cc1cc(C)c(Oc2cc(-c3cncc(Cl)c3)cnc2NS(C)(=O)=O)c(C)c1. The van der Waals surface area contributed by atoms with Gasteiger partial charge in [-0.2, -0.15) is 0 Å². The number of anilines is 1. The fourth-order valence-electron chi connectivity index (χ4n) is 2.94. The summed E-state index contributed by atoms with van der Waals surface area (Å²) in [6.07, 6.45) is 5.80. The maximum absolute atomic E-state index is 11.7. The zero-order chi connectivity index (χ0) is 20.5. The standard InChI is InChI=1S/C20H20ClN3O3S/c1-12-5-13(2)19(14(3)6-12)27-18-8-16(15-7-17(21)11-22-9-15)10-23-20(18)24-28(4,25)26/h5-11H,1-4H3,(H,23,24). The molecule has 6 nitrogen and oxygen atoms in total. The minimum Gasteiger partial charge on any atom is -0.453 e. The first-order valence-electron chi connectivity index (χ1n) is 8.47. The second-order valence-corrected chi connectivity index (χ2v) is 8.85. The predicted octanol–water partition coefficient (Wildman–Crippen LogP) is 4.89. The summed E-state index contributed by atoms with van der Waals surface area (Å²) in [7, 11) is -3.53. The smallest absolute Gasteiger partial charge is 0.231 e. The van der Waals surface area contributed by atoms with Gasteiger partial charge < -0.3 is 4.74 Å². The molecule has 28 heavy (non-hydrogen) atoms. The summed E-state index contributed by atoms with van der Waals surface area (Å²) in [6.45, 7) is 5.89. The predicted molar refractivity (Wildman–Crippen MR) is 112 cm³/mol. The van der Waals surface area contributed by atoms with Crippen LogP contribution in [0.5, 0.6) is 11.5 Å². The van der Waals surface area contributed by atoms with Gasteiger partial charge in [0.2, 0.25) is 10.0 Å². The van der Waals surface area contributed by atoms with E-state index in [-0.39, 0.29) is 11.6 Å². The van der Waals surface area contributed by atoms with Gasteiger partial charge in [-0.3, -0.25) is 9.71 Å². The van der Waals surface area contributed by atoms with E-state index in [0.717, 1.165) is 28.5 Å². The van der Waals surface area contributed by atoms with Gasteiger partial charge in [0.05, 0.1) is 11.3 Å². The summed E-state index contributed by atoms with van der Waals surface area (Å²) in [4.78, 5) is 8.34. The average molecular weight is 418 g/mol. The van der Waals surface area contributed by atoms with Crippen LogP contribution in [0.4, 0.5) is 5.82 Å².